The standard InChI is InChI=1S/C26H36N8S/c1-26(2,3)21-17-22(29-23(28-21)19-8-9-19)34-14-12-33(13-15-34)11-6-16-35-25-31-30-24(32(25)4)20-7-5-10-27-18-20/h5,7,10,17-19H,6,8-9,11-16H2,1-4H3. The van der Waals surface area contributed by atoms with Crippen molar-refractivity contribution in [3.8, 4) is 11.4 Å². The summed E-state index contributed by atoms with van der Waals surface area (Å²) in [6, 6.07) is 6.17. The summed E-state index contributed by atoms with van der Waals surface area (Å²) in [6.07, 6.45) is 7.21. The zero-order chi connectivity index (χ0) is 24.4. The van der Waals surface area contributed by atoms with E-state index >= 15 is 0 Å². The van der Waals surface area contributed by atoms with Gasteiger partial charge in [0.1, 0.15) is 11.6 Å². The molecule has 186 valence electrons. The van der Waals surface area contributed by atoms with Crippen LogP contribution in [-0.2, 0) is 12.5 Å². The van der Waals surface area contributed by atoms with Gasteiger partial charge in [0.2, 0.25) is 0 Å². The van der Waals surface area contributed by atoms with E-state index in [9.17, 15) is 0 Å². The van der Waals surface area contributed by atoms with Crippen molar-refractivity contribution in [3.05, 3.63) is 42.1 Å². The molecular formula is C26H36N8S. The van der Waals surface area contributed by atoms with Crippen LogP contribution in [0.15, 0.2) is 35.7 Å². The molecule has 0 N–H and O–H groups in total. The fourth-order valence-corrected chi connectivity index (χ4v) is 5.20. The molecule has 2 aliphatic rings. The van der Waals surface area contributed by atoms with E-state index in [1.54, 1.807) is 18.0 Å². The summed E-state index contributed by atoms with van der Waals surface area (Å²) in [5.74, 6) is 4.64. The molecule has 0 aromatic carbocycles. The average Bonchev–Trinajstić information content (AvgIpc) is 3.65. The molecule has 0 atom stereocenters. The third-order valence-corrected chi connectivity index (χ3v) is 7.85. The van der Waals surface area contributed by atoms with Gasteiger partial charge in [-0.1, -0.05) is 32.5 Å². The topological polar surface area (TPSA) is 75.9 Å². The first-order chi connectivity index (χ1) is 16.9. The number of nitrogens with zero attached hydrogens (tertiary/aromatic N) is 8. The Morgan fingerprint density at radius 3 is 2.54 bits per heavy atom. The zero-order valence-electron chi connectivity index (χ0n) is 21.3. The number of hydrogen-bond donors (Lipinski definition) is 0. The van der Waals surface area contributed by atoms with Crippen LogP contribution in [0.4, 0.5) is 5.82 Å². The Kier molecular flexibility index (Phi) is 7.07. The van der Waals surface area contributed by atoms with Crippen LogP contribution in [0.5, 0.6) is 0 Å². The van der Waals surface area contributed by atoms with Gasteiger partial charge in [0, 0.05) is 74.3 Å². The molecule has 0 radical (unpaired) electrons. The second kappa shape index (κ2) is 10.2. The summed E-state index contributed by atoms with van der Waals surface area (Å²) in [5.41, 5.74) is 2.21. The minimum absolute atomic E-state index is 0.0439. The summed E-state index contributed by atoms with van der Waals surface area (Å²) >= 11 is 1.78. The Labute approximate surface area is 212 Å². The average molecular weight is 493 g/mol. The van der Waals surface area contributed by atoms with Gasteiger partial charge >= 0.3 is 0 Å². The van der Waals surface area contributed by atoms with E-state index in [0.29, 0.717) is 5.92 Å². The molecule has 3 aromatic rings. The van der Waals surface area contributed by atoms with Gasteiger partial charge in [-0.25, -0.2) is 9.97 Å². The van der Waals surface area contributed by atoms with Gasteiger partial charge < -0.3 is 9.47 Å². The van der Waals surface area contributed by atoms with E-state index < -0.39 is 0 Å². The molecule has 2 fully saturated rings. The second-order valence-corrected chi connectivity index (χ2v) is 11.7. The summed E-state index contributed by atoms with van der Waals surface area (Å²) in [5, 5.41) is 9.70. The molecule has 0 amide bonds. The largest absolute Gasteiger partial charge is 0.354 e. The van der Waals surface area contributed by atoms with Crippen molar-refractivity contribution in [2.45, 2.75) is 56.5 Å². The van der Waals surface area contributed by atoms with Crippen molar-refractivity contribution < 1.29 is 0 Å². The maximum atomic E-state index is 4.97. The minimum atomic E-state index is 0.0439. The minimum Gasteiger partial charge on any atom is -0.354 e. The van der Waals surface area contributed by atoms with E-state index in [1.165, 1.54) is 18.5 Å². The molecule has 5 rings (SSSR count). The van der Waals surface area contributed by atoms with Crippen LogP contribution in [0.3, 0.4) is 0 Å². The van der Waals surface area contributed by atoms with E-state index in [0.717, 1.165) is 73.1 Å². The molecule has 35 heavy (non-hydrogen) atoms. The molecule has 8 nitrogen and oxygen atoms in total. The van der Waals surface area contributed by atoms with Gasteiger partial charge in [0.25, 0.3) is 0 Å². The maximum Gasteiger partial charge on any atom is 0.191 e. The summed E-state index contributed by atoms with van der Waals surface area (Å²) in [6.45, 7) is 12.0. The Bertz CT molecular complexity index is 1130. The number of anilines is 1. The number of thioether (sulfide) groups is 1. The van der Waals surface area contributed by atoms with Crippen molar-refractivity contribution in [2.24, 2.45) is 7.05 Å². The van der Waals surface area contributed by atoms with Crippen molar-refractivity contribution >= 4 is 17.6 Å². The first-order valence-corrected chi connectivity index (χ1v) is 13.7. The molecule has 0 bridgehead atoms. The maximum absolute atomic E-state index is 4.97. The third-order valence-electron chi connectivity index (χ3n) is 6.74. The van der Waals surface area contributed by atoms with Crippen molar-refractivity contribution in [1.82, 2.24) is 34.6 Å². The normalized spacial score (nSPS) is 17.2. The highest BCUT2D eigenvalue weighted by Crippen LogP contribution is 2.39. The van der Waals surface area contributed by atoms with E-state index in [-0.39, 0.29) is 5.41 Å². The lowest BCUT2D eigenvalue weighted by Crippen LogP contribution is -2.47. The molecule has 0 spiro atoms. The number of pyridine rings is 1. The van der Waals surface area contributed by atoms with Gasteiger partial charge in [0.05, 0.1) is 5.69 Å². The first kappa shape index (κ1) is 24.2. The van der Waals surface area contributed by atoms with Gasteiger partial charge in [-0.05, 0) is 37.9 Å². The summed E-state index contributed by atoms with van der Waals surface area (Å²) < 4.78 is 2.06. The van der Waals surface area contributed by atoms with E-state index in [2.05, 4.69) is 56.4 Å². The molecule has 1 saturated heterocycles. The summed E-state index contributed by atoms with van der Waals surface area (Å²) in [4.78, 5) is 19.1. The number of aromatic nitrogens is 6. The van der Waals surface area contributed by atoms with Crippen molar-refractivity contribution in [1.29, 1.82) is 0 Å². The molecule has 9 heteroatoms. The second-order valence-electron chi connectivity index (χ2n) is 10.6. The van der Waals surface area contributed by atoms with Crippen LogP contribution in [0, 0.1) is 0 Å². The zero-order valence-corrected chi connectivity index (χ0v) is 22.1. The number of rotatable bonds is 8. The Balaban J connectivity index is 1.10. The van der Waals surface area contributed by atoms with Crippen LogP contribution < -0.4 is 4.90 Å². The Morgan fingerprint density at radius 1 is 1.06 bits per heavy atom. The highest BCUT2D eigenvalue weighted by molar-refractivity contribution is 7.99. The Morgan fingerprint density at radius 2 is 1.86 bits per heavy atom. The quantitative estimate of drug-likeness (QED) is 0.343. The van der Waals surface area contributed by atoms with Gasteiger partial charge in [-0.3, -0.25) is 9.88 Å². The number of hydrogen-bond acceptors (Lipinski definition) is 8. The third kappa shape index (κ3) is 5.83. The monoisotopic (exact) mass is 492 g/mol. The molecule has 1 aliphatic heterocycles. The highest BCUT2D eigenvalue weighted by atomic mass is 32.2. The highest BCUT2D eigenvalue weighted by Gasteiger charge is 2.30. The van der Waals surface area contributed by atoms with Crippen LogP contribution in [0.25, 0.3) is 11.4 Å². The van der Waals surface area contributed by atoms with Gasteiger partial charge in [-0.2, -0.15) is 0 Å². The van der Waals surface area contributed by atoms with Crippen LogP contribution in [0.2, 0.25) is 0 Å². The van der Waals surface area contributed by atoms with E-state index in [4.69, 9.17) is 9.97 Å². The molecule has 1 saturated carbocycles. The van der Waals surface area contributed by atoms with Gasteiger partial charge in [-0.15, -0.1) is 10.2 Å². The fourth-order valence-electron chi connectivity index (χ4n) is 4.36. The lowest BCUT2D eigenvalue weighted by molar-refractivity contribution is 0.258. The smallest absolute Gasteiger partial charge is 0.191 e. The van der Waals surface area contributed by atoms with Gasteiger partial charge in [0.15, 0.2) is 11.0 Å². The predicted molar refractivity (Wildman–Crippen MR) is 141 cm³/mol. The molecule has 4 heterocycles. The van der Waals surface area contributed by atoms with Crippen LogP contribution in [-0.4, -0.2) is 73.1 Å². The molecule has 0 unspecified atom stereocenters. The lowest BCUT2D eigenvalue weighted by Gasteiger charge is -2.36. The van der Waals surface area contributed by atoms with Crippen LogP contribution in [0.1, 0.15) is 57.5 Å². The predicted octanol–water partition coefficient (Wildman–Crippen LogP) is 4.15. The molecule has 1 aliphatic carbocycles. The first-order valence-electron chi connectivity index (χ1n) is 12.7. The lowest BCUT2D eigenvalue weighted by atomic mass is 9.91. The van der Waals surface area contributed by atoms with Crippen LogP contribution >= 0.6 is 11.8 Å². The fraction of sp³-hybridized carbons (Fsp3) is 0.577. The van der Waals surface area contributed by atoms with Crippen molar-refractivity contribution in [3.63, 3.8) is 0 Å². The molecular weight excluding hydrogens is 456 g/mol. The Hall–Kier alpha value is -2.52. The SMILES string of the molecule is Cn1c(SCCCN2CCN(c3cc(C(C)(C)C)nc(C4CC4)n3)CC2)nnc1-c1cccnc1. The number of piperazine rings is 1. The molecule has 3 aromatic heterocycles. The van der Waals surface area contributed by atoms with E-state index in [1.807, 2.05) is 25.4 Å². The summed E-state index contributed by atoms with van der Waals surface area (Å²) in [7, 11) is 2.02. The van der Waals surface area contributed by atoms with Crippen molar-refractivity contribution in [2.75, 3.05) is 43.4 Å².